The maximum Gasteiger partial charge on any atom is 0.319 e. The van der Waals surface area contributed by atoms with Crippen LogP contribution in [0.15, 0.2) is 23.7 Å². The fourth-order valence-corrected chi connectivity index (χ4v) is 2.87. The number of urea groups is 1. The van der Waals surface area contributed by atoms with Gasteiger partial charge in [-0.05, 0) is 11.8 Å². The monoisotopic (exact) mass is 300 g/mol. The van der Waals surface area contributed by atoms with Gasteiger partial charge in [0.1, 0.15) is 0 Å². The van der Waals surface area contributed by atoms with E-state index in [2.05, 4.69) is 21.3 Å². The van der Waals surface area contributed by atoms with Crippen LogP contribution in [0.3, 0.4) is 0 Å². The zero-order chi connectivity index (χ0) is 14.5. The van der Waals surface area contributed by atoms with Gasteiger partial charge in [0.25, 0.3) is 0 Å². The van der Waals surface area contributed by atoms with E-state index in [0.29, 0.717) is 12.3 Å². The minimum atomic E-state index is -0.796. The highest BCUT2D eigenvalue weighted by Crippen LogP contribution is 2.18. The van der Waals surface area contributed by atoms with Gasteiger partial charge in [-0.2, -0.15) is 11.8 Å². The molecule has 20 heavy (non-hydrogen) atoms. The fourth-order valence-electron chi connectivity index (χ4n) is 2.17. The van der Waals surface area contributed by atoms with Crippen LogP contribution in [0.5, 0.6) is 0 Å². The molecule has 0 fully saturated rings. The first-order valence-corrected chi connectivity index (χ1v) is 7.79. The van der Waals surface area contributed by atoms with Crippen LogP contribution >= 0.6 is 11.8 Å². The van der Waals surface area contributed by atoms with E-state index in [4.69, 9.17) is 5.11 Å². The number of aliphatic hydroxyl groups is 2. The summed E-state index contributed by atoms with van der Waals surface area (Å²) in [6, 6.07) is -0.580. The molecule has 0 aromatic heterocycles. The number of hydrogen-bond donors (Lipinski definition) is 6. The molecule has 6 N–H and O–H groups in total. The maximum atomic E-state index is 11.3. The zero-order valence-corrected chi connectivity index (χ0v) is 12.0. The van der Waals surface area contributed by atoms with Gasteiger partial charge in [-0.3, -0.25) is 0 Å². The highest BCUT2D eigenvalue weighted by atomic mass is 32.2. The normalized spacial score (nSPS) is 23.8. The zero-order valence-electron chi connectivity index (χ0n) is 11.2. The second-order valence-electron chi connectivity index (χ2n) is 4.71. The Balaban J connectivity index is 1.91. The van der Waals surface area contributed by atoms with Gasteiger partial charge >= 0.3 is 6.03 Å². The first-order chi connectivity index (χ1) is 9.65. The van der Waals surface area contributed by atoms with E-state index in [1.807, 2.05) is 12.5 Å². The summed E-state index contributed by atoms with van der Waals surface area (Å²) in [5, 5.41) is 30.5. The van der Waals surface area contributed by atoms with Gasteiger partial charge in [-0.15, -0.1) is 0 Å². The van der Waals surface area contributed by atoms with Crippen LogP contribution in [0.2, 0.25) is 0 Å². The molecule has 2 aliphatic heterocycles. The number of aliphatic hydroxyl groups excluding tert-OH is 2. The van der Waals surface area contributed by atoms with Crippen LogP contribution < -0.4 is 21.3 Å². The molecule has 0 aliphatic carbocycles. The summed E-state index contributed by atoms with van der Waals surface area (Å²) >= 11 is 1.60. The van der Waals surface area contributed by atoms with Crippen LogP contribution in [0.25, 0.3) is 0 Å². The van der Waals surface area contributed by atoms with Crippen LogP contribution in [0.1, 0.15) is 0 Å². The molecule has 0 aromatic carbocycles. The van der Waals surface area contributed by atoms with Gasteiger partial charge in [0.15, 0.2) is 0 Å². The molecule has 3 atom stereocenters. The number of carbonyl (C=O) groups is 1. The topological polar surface area (TPSA) is 106 Å². The third-order valence-corrected chi connectivity index (χ3v) is 4.00. The number of amides is 2. The highest BCUT2D eigenvalue weighted by molar-refractivity contribution is 7.98. The third kappa shape index (κ3) is 3.45. The molecular weight excluding hydrogens is 280 g/mol. The van der Waals surface area contributed by atoms with Gasteiger partial charge in [-0.25, -0.2) is 4.79 Å². The Labute approximate surface area is 121 Å². The molecule has 3 unspecified atom stereocenters. The second kappa shape index (κ2) is 6.98. The minimum Gasteiger partial charge on any atom is -0.394 e. The summed E-state index contributed by atoms with van der Waals surface area (Å²) in [5.41, 5.74) is 1.88. The molecule has 2 amide bonds. The Morgan fingerprint density at radius 2 is 2.25 bits per heavy atom. The van der Waals surface area contributed by atoms with Crippen molar-refractivity contribution in [3.05, 3.63) is 23.7 Å². The van der Waals surface area contributed by atoms with Gasteiger partial charge in [-0.1, -0.05) is 0 Å². The van der Waals surface area contributed by atoms with E-state index in [9.17, 15) is 9.90 Å². The molecule has 112 valence electrons. The Kier molecular flexibility index (Phi) is 5.30. The van der Waals surface area contributed by atoms with Crippen molar-refractivity contribution in [1.29, 1.82) is 0 Å². The lowest BCUT2D eigenvalue weighted by Gasteiger charge is -2.25. The van der Waals surface area contributed by atoms with Crippen LogP contribution in [0, 0.1) is 0 Å². The van der Waals surface area contributed by atoms with E-state index in [1.54, 1.807) is 18.0 Å². The van der Waals surface area contributed by atoms with Crippen molar-refractivity contribution < 1.29 is 15.0 Å². The number of nitrogens with one attached hydrogen (secondary N) is 4. The predicted octanol–water partition coefficient (Wildman–Crippen LogP) is -1.33. The lowest BCUT2D eigenvalue weighted by molar-refractivity contribution is 0.0702. The lowest BCUT2D eigenvalue weighted by atomic mass is 10.1. The molecule has 2 rings (SSSR count). The SMILES string of the molecule is CSCC(NCC1=CNC2=CNC(=O)NC12)C(O)CO. The molecule has 8 heteroatoms. The Bertz CT molecular complexity index is 427. The minimum absolute atomic E-state index is 0.155. The van der Waals surface area contributed by atoms with Crippen molar-refractivity contribution in [2.75, 3.05) is 25.2 Å². The van der Waals surface area contributed by atoms with Gasteiger partial charge < -0.3 is 31.5 Å². The first kappa shape index (κ1) is 15.2. The first-order valence-electron chi connectivity index (χ1n) is 6.39. The smallest absolute Gasteiger partial charge is 0.319 e. The summed E-state index contributed by atoms with van der Waals surface area (Å²) < 4.78 is 0. The van der Waals surface area contributed by atoms with Gasteiger partial charge in [0.05, 0.1) is 24.4 Å². The molecule has 7 nitrogen and oxygen atoms in total. The molecular formula is C12H20N4O3S. The summed E-state index contributed by atoms with van der Waals surface area (Å²) in [5.74, 6) is 0.698. The molecule has 0 saturated heterocycles. The number of hydrogen-bond acceptors (Lipinski definition) is 6. The second-order valence-corrected chi connectivity index (χ2v) is 5.62. The van der Waals surface area contributed by atoms with Crippen LogP contribution in [-0.2, 0) is 0 Å². The number of rotatable bonds is 7. The molecule has 0 saturated carbocycles. The van der Waals surface area contributed by atoms with Crippen molar-refractivity contribution in [2.24, 2.45) is 0 Å². The van der Waals surface area contributed by atoms with Crippen molar-refractivity contribution in [1.82, 2.24) is 21.3 Å². The quantitative estimate of drug-likeness (QED) is 0.348. The van der Waals surface area contributed by atoms with E-state index in [0.717, 1.165) is 11.3 Å². The van der Waals surface area contributed by atoms with Crippen molar-refractivity contribution in [3.63, 3.8) is 0 Å². The Hall–Kier alpha value is -1.22. The van der Waals surface area contributed by atoms with Crippen molar-refractivity contribution in [3.8, 4) is 0 Å². The van der Waals surface area contributed by atoms with E-state index in [1.165, 1.54) is 0 Å². The number of fused-ring (bicyclic) bond motifs is 1. The molecule has 2 heterocycles. The van der Waals surface area contributed by atoms with E-state index in [-0.39, 0.29) is 24.7 Å². The Morgan fingerprint density at radius 3 is 2.95 bits per heavy atom. The molecule has 0 spiro atoms. The van der Waals surface area contributed by atoms with Crippen molar-refractivity contribution in [2.45, 2.75) is 18.2 Å². The number of thioether (sulfide) groups is 1. The average molecular weight is 300 g/mol. The molecule has 0 radical (unpaired) electrons. The Morgan fingerprint density at radius 1 is 1.45 bits per heavy atom. The van der Waals surface area contributed by atoms with E-state index >= 15 is 0 Å². The fraction of sp³-hybridized carbons (Fsp3) is 0.583. The summed E-state index contributed by atoms with van der Waals surface area (Å²) in [4.78, 5) is 11.3. The van der Waals surface area contributed by atoms with Gasteiger partial charge in [0, 0.05) is 30.7 Å². The number of carbonyl (C=O) groups excluding carboxylic acids is 1. The van der Waals surface area contributed by atoms with Gasteiger partial charge in [0.2, 0.25) is 0 Å². The lowest BCUT2D eigenvalue weighted by Crippen LogP contribution is -2.49. The largest absolute Gasteiger partial charge is 0.394 e. The summed E-state index contributed by atoms with van der Waals surface area (Å²) in [6.45, 7) is 0.252. The molecule has 2 aliphatic rings. The van der Waals surface area contributed by atoms with E-state index < -0.39 is 6.10 Å². The summed E-state index contributed by atoms with van der Waals surface area (Å²) in [6.07, 6.45) is 4.64. The molecule has 0 aromatic rings. The van der Waals surface area contributed by atoms with Crippen molar-refractivity contribution >= 4 is 17.8 Å². The molecule has 0 bridgehead atoms. The highest BCUT2D eigenvalue weighted by Gasteiger charge is 2.29. The average Bonchev–Trinajstić information content (AvgIpc) is 2.85. The third-order valence-electron chi connectivity index (χ3n) is 3.31. The predicted molar refractivity (Wildman–Crippen MR) is 78.0 cm³/mol. The van der Waals surface area contributed by atoms with Crippen LogP contribution in [-0.4, -0.2) is 59.6 Å². The maximum absolute atomic E-state index is 11.3. The summed E-state index contributed by atoms with van der Waals surface area (Å²) in [7, 11) is 0. The standard InChI is InChI=1S/C12H20N4O3S/c1-20-6-9(10(18)5-17)14-3-7-2-13-8-4-15-12(19)16-11(7)8/h2,4,9-11,13-14,17-18H,3,5-6H2,1H3,(H2,15,16,19). The van der Waals surface area contributed by atoms with Crippen LogP contribution in [0.4, 0.5) is 4.79 Å².